The predicted molar refractivity (Wildman–Crippen MR) is 56.9 cm³/mol. The van der Waals surface area contributed by atoms with E-state index in [1.54, 1.807) is 0 Å². The van der Waals surface area contributed by atoms with Gasteiger partial charge in [-0.3, -0.25) is 0 Å². The number of aliphatic hydroxyl groups excluding tert-OH is 1. The number of hydrogen-bond acceptors (Lipinski definition) is 5. The van der Waals surface area contributed by atoms with Crippen LogP contribution in [0.1, 0.15) is 39.0 Å². The fourth-order valence-corrected chi connectivity index (χ4v) is 3.44. The predicted octanol–water partition coefficient (Wildman–Crippen LogP) is 0.332. The Hall–Kier alpha value is -0.650. The third-order valence-corrected chi connectivity index (χ3v) is 4.54. The molecular formula is C12H18O5. The molecule has 0 aromatic carbocycles. The molecule has 96 valence electrons. The Morgan fingerprint density at radius 2 is 2.00 bits per heavy atom. The fourth-order valence-electron chi connectivity index (χ4n) is 3.44. The van der Waals surface area contributed by atoms with Gasteiger partial charge in [-0.15, -0.1) is 0 Å². The van der Waals surface area contributed by atoms with Crippen molar-refractivity contribution >= 4 is 5.97 Å². The van der Waals surface area contributed by atoms with Crippen molar-refractivity contribution < 1.29 is 24.5 Å². The molecule has 2 aliphatic heterocycles. The minimum absolute atomic E-state index is 0.0294. The number of carbonyl (C=O) groups is 1. The van der Waals surface area contributed by atoms with E-state index in [1.165, 1.54) is 6.92 Å². The van der Waals surface area contributed by atoms with Crippen LogP contribution in [-0.4, -0.2) is 40.3 Å². The smallest absolute Gasteiger partial charge is 0.343 e. The third-order valence-electron chi connectivity index (χ3n) is 4.54. The van der Waals surface area contributed by atoms with Crippen LogP contribution in [0.15, 0.2) is 0 Å². The number of hydrogen-bond donors (Lipinski definition) is 2. The highest BCUT2D eigenvalue weighted by Crippen LogP contribution is 2.54. The average molecular weight is 242 g/mol. The van der Waals surface area contributed by atoms with Gasteiger partial charge in [0.05, 0.1) is 6.61 Å². The van der Waals surface area contributed by atoms with E-state index in [0.717, 1.165) is 25.7 Å². The van der Waals surface area contributed by atoms with E-state index >= 15 is 0 Å². The van der Waals surface area contributed by atoms with Gasteiger partial charge in [-0.25, -0.2) is 4.79 Å². The van der Waals surface area contributed by atoms with Crippen molar-refractivity contribution in [3.63, 3.8) is 0 Å². The van der Waals surface area contributed by atoms with Crippen LogP contribution in [0.2, 0.25) is 0 Å². The Labute approximate surface area is 99.7 Å². The Morgan fingerprint density at radius 1 is 1.35 bits per heavy atom. The van der Waals surface area contributed by atoms with Crippen molar-refractivity contribution in [1.29, 1.82) is 0 Å². The van der Waals surface area contributed by atoms with Gasteiger partial charge < -0.3 is 19.7 Å². The lowest BCUT2D eigenvalue weighted by Gasteiger charge is -2.28. The summed E-state index contributed by atoms with van der Waals surface area (Å²) in [7, 11) is 0. The van der Waals surface area contributed by atoms with Crippen LogP contribution >= 0.6 is 0 Å². The zero-order chi connectivity index (χ0) is 12.3. The topological polar surface area (TPSA) is 76.0 Å². The van der Waals surface area contributed by atoms with Crippen molar-refractivity contribution in [2.45, 2.75) is 56.5 Å². The second-order valence-electron chi connectivity index (χ2n) is 5.92. The van der Waals surface area contributed by atoms with Crippen molar-refractivity contribution in [2.75, 3.05) is 6.61 Å². The molecule has 1 aliphatic carbocycles. The van der Waals surface area contributed by atoms with Crippen molar-refractivity contribution in [3.05, 3.63) is 0 Å². The number of rotatable bonds is 0. The number of aliphatic hydroxyl groups is 2. The average Bonchev–Trinajstić information content (AvgIpc) is 2.90. The summed E-state index contributed by atoms with van der Waals surface area (Å²) in [5, 5.41) is 20.0. The van der Waals surface area contributed by atoms with Crippen LogP contribution in [0.25, 0.3) is 0 Å². The maximum absolute atomic E-state index is 11.6. The number of ether oxygens (including phenoxy) is 2. The Balaban J connectivity index is 1.88. The number of esters is 1. The van der Waals surface area contributed by atoms with Gasteiger partial charge in [0.2, 0.25) is 5.79 Å². The normalized spacial score (nSPS) is 48.2. The molecule has 2 N–H and O–H groups in total. The Kier molecular flexibility index (Phi) is 2.16. The molecule has 5 heteroatoms. The fraction of sp³-hybridized carbons (Fsp3) is 0.917. The van der Waals surface area contributed by atoms with E-state index in [9.17, 15) is 15.0 Å². The summed E-state index contributed by atoms with van der Waals surface area (Å²) in [5.41, 5.74) is -1.83. The molecule has 0 radical (unpaired) electrons. The van der Waals surface area contributed by atoms with Crippen molar-refractivity contribution in [1.82, 2.24) is 0 Å². The van der Waals surface area contributed by atoms with E-state index in [1.807, 2.05) is 0 Å². The summed E-state index contributed by atoms with van der Waals surface area (Å²) >= 11 is 0. The molecule has 0 aromatic heterocycles. The molecule has 5 nitrogen and oxygen atoms in total. The molecule has 0 bridgehead atoms. The highest BCUT2D eigenvalue weighted by molar-refractivity contribution is 5.82. The maximum atomic E-state index is 11.6. The lowest BCUT2D eigenvalue weighted by molar-refractivity contribution is -0.223. The molecule has 3 aliphatic rings. The molecule has 0 unspecified atom stereocenters. The molecular weight excluding hydrogens is 224 g/mol. The van der Waals surface area contributed by atoms with Crippen LogP contribution in [0, 0.1) is 5.41 Å². The lowest BCUT2D eigenvalue weighted by atomic mass is 9.80. The summed E-state index contributed by atoms with van der Waals surface area (Å²) in [6.07, 6.45) is 3.59. The van der Waals surface area contributed by atoms with Crippen LogP contribution < -0.4 is 0 Å². The maximum Gasteiger partial charge on any atom is 0.343 e. The molecule has 17 heavy (non-hydrogen) atoms. The zero-order valence-corrected chi connectivity index (χ0v) is 9.94. The summed E-state index contributed by atoms with van der Waals surface area (Å²) in [6.45, 7) is 1.78. The molecule has 0 amide bonds. The first-order valence-electron chi connectivity index (χ1n) is 6.18. The van der Waals surface area contributed by atoms with Gasteiger partial charge >= 0.3 is 5.97 Å². The highest BCUT2D eigenvalue weighted by Gasteiger charge is 2.68. The van der Waals surface area contributed by atoms with Gasteiger partial charge in [-0.05, 0) is 19.8 Å². The first-order valence-corrected chi connectivity index (χ1v) is 6.18. The first-order chi connectivity index (χ1) is 7.90. The van der Waals surface area contributed by atoms with Crippen molar-refractivity contribution in [3.8, 4) is 0 Å². The monoisotopic (exact) mass is 242 g/mol. The van der Waals surface area contributed by atoms with Crippen LogP contribution in [0.3, 0.4) is 0 Å². The van der Waals surface area contributed by atoms with E-state index < -0.39 is 23.5 Å². The minimum Gasteiger partial charge on any atom is -0.428 e. The molecule has 3 atom stereocenters. The molecule has 3 fully saturated rings. The second kappa shape index (κ2) is 3.22. The summed E-state index contributed by atoms with van der Waals surface area (Å²) in [5.74, 6) is -2.11. The van der Waals surface area contributed by atoms with Crippen LogP contribution in [0.4, 0.5) is 0 Å². The quantitative estimate of drug-likeness (QED) is 0.599. The van der Waals surface area contributed by atoms with Crippen LogP contribution in [-0.2, 0) is 14.3 Å². The molecule has 0 aromatic rings. The standard InChI is InChI=1S/C12H18O5/c1-10(15)8(13)12(17-9(10)14)6-11(7-16-12)4-2-3-5-11/h8,13,15H,2-7H2,1H3/t8-,10+,12-/m0/s1. The number of carbonyl (C=O) groups excluding carboxylic acids is 1. The second-order valence-corrected chi connectivity index (χ2v) is 5.92. The van der Waals surface area contributed by atoms with Gasteiger partial charge in [0.25, 0.3) is 0 Å². The van der Waals surface area contributed by atoms with Gasteiger partial charge in [-0.1, -0.05) is 12.8 Å². The molecule has 2 heterocycles. The van der Waals surface area contributed by atoms with Gasteiger partial charge in [0, 0.05) is 11.8 Å². The largest absolute Gasteiger partial charge is 0.428 e. The minimum atomic E-state index is -1.86. The Bertz CT molecular complexity index is 358. The Morgan fingerprint density at radius 3 is 2.53 bits per heavy atom. The van der Waals surface area contributed by atoms with Gasteiger partial charge in [0.15, 0.2) is 11.7 Å². The van der Waals surface area contributed by atoms with E-state index in [4.69, 9.17) is 9.47 Å². The lowest BCUT2D eigenvalue weighted by Crippen LogP contribution is -2.49. The van der Waals surface area contributed by atoms with Crippen molar-refractivity contribution in [2.24, 2.45) is 5.41 Å². The molecule has 2 spiro atoms. The third kappa shape index (κ3) is 1.39. The van der Waals surface area contributed by atoms with E-state index in [0.29, 0.717) is 13.0 Å². The summed E-state index contributed by atoms with van der Waals surface area (Å²) in [4.78, 5) is 11.6. The SMILES string of the molecule is C[C@]1(O)C(=O)O[C@@]2(CC3(CCCC3)CO2)[C@H]1O. The summed E-state index contributed by atoms with van der Waals surface area (Å²) < 4.78 is 10.8. The molecule has 3 rings (SSSR count). The van der Waals surface area contributed by atoms with E-state index in [2.05, 4.69) is 0 Å². The molecule has 1 saturated carbocycles. The summed E-state index contributed by atoms with van der Waals surface area (Å²) in [6, 6.07) is 0. The van der Waals surface area contributed by atoms with Gasteiger partial charge in [0.1, 0.15) is 0 Å². The highest BCUT2D eigenvalue weighted by atomic mass is 16.7. The first kappa shape index (κ1) is 11.4. The van der Waals surface area contributed by atoms with Gasteiger partial charge in [-0.2, -0.15) is 0 Å². The zero-order valence-electron chi connectivity index (χ0n) is 9.94. The van der Waals surface area contributed by atoms with E-state index in [-0.39, 0.29) is 5.41 Å². The molecule has 2 saturated heterocycles. The van der Waals surface area contributed by atoms with Crippen LogP contribution in [0.5, 0.6) is 0 Å².